The maximum Gasteiger partial charge on any atom is 0.254 e. The lowest BCUT2D eigenvalue weighted by atomic mass is 10.1. The molecular formula is C17H19N3O5. The molecule has 1 aromatic carbocycles. The molecule has 1 saturated carbocycles. The topological polar surface area (TPSA) is 93.9 Å². The minimum Gasteiger partial charge on any atom is -0.497 e. The van der Waals surface area contributed by atoms with Crippen molar-refractivity contribution in [3.8, 4) is 11.5 Å². The van der Waals surface area contributed by atoms with E-state index in [0.29, 0.717) is 22.9 Å². The average Bonchev–Trinajstić information content (AvgIpc) is 3.35. The summed E-state index contributed by atoms with van der Waals surface area (Å²) in [6.07, 6.45) is 3.12. The molecule has 1 fully saturated rings. The monoisotopic (exact) mass is 345 g/mol. The Hall–Kier alpha value is -3.03. The third kappa shape index (κ3) is 4.09. The van der Waals surface area contributed by atoms with Crippen molar-refractivity contribution in [3.05, 3.63) is 36.1 Å². The molecule has 1 N–H and O–H groups in total. The number of nitrogens with one attached hydrogen (secondary N) is 1. The fraction of sp³-hybridized carbons (Fsp3) is 0.353. The quantitative estimate of drug-likeness (QED) is 0.824. The molecule has 3 rings (SSSR count). The number of hydrogen-bond acceptors (Lipinski definition) is 6. The van der Waals surface area contributed by atoms with Gasteiger partial charge in [0.1, 0.15) is 24.3 Å². The Morgan fingerprint density at radius 2 is 1.92 bits per heavy atom. The van der Waals surface area contributed by atoms with E-state index >= 15 is 0 Å². The van der Waals surface area contributed by atoms with Gasteiger partial charge in [0.05, 0.1) is 14.2 Å². The third-order valence-corrected chi connectivity index (χ3v) is 3.87. The number of ether oxygens (including phenoxy) is 2. The Morgan fingerprint density at radius 1 is 1.24 bits per heavy atom. The molecule has 2 aromatic rings. The van der Waals surface area contributed by atoms with Crippen LogP contribution in [0.5, 0.6) is 11.5 Å². The van der Waals surface area contributed by atoms with Crippen LogP contribution in [0.15, 0.2) is 35.1 Å². The Morgan fingerprint density at radius 3 is 2.44 bits per heavy atom. The van der Waals surface area contributed by atoms with Crippen LogP contribution in [0.3, 0.4) is 0 Å². The molecule has 1 aromatic heterocycles. The van der Waals surface area contributed by atoms with E-state index in [9.17, 15) is 9.59 Å². The van der Waals surface area contributed by atoms with Crippen molar-refractivity contribution < 1.29 is 23.6 Å². The van der Waals surface area contributed by atoms with Gasteiger partial charge in [-0.05, 0) is 25.0 Å². The highest BCUT2D eigenvalue weighted by Crippen LogP contribution is 2.30. The predicted octanol–water partition coefficient (Wildman–Crippen LogP) is 1.94. The molecule has 0 bridgehead atoms. The zero-order chi connectivity index (χ0) is 17.8. The molecule has 0 radical (unpaired) electrons. The van der Waals surface area contributed by atoms with E-state index < -0.39 is 0 Å². The minimum absolute atomic E-state index is 0.0596. The Bertz CT molecular complexity index is 733. The maximum atomic E-state index is 12.9. The number of carbonyl (C=O) groups is 2. The Labute approximate surface area is 144 Å². The van der Waals surface area contributed by atoms with Crippen LogP contribution in [-0.4, -0.2) is 48.7 Å². The van der Waals surface area contributed by atoms with Crippen molar-refractivity contribution in [1.82, 2.24) is 10.1 Å². The lowest BCUT2D eigenvalue weighted by Gasteiger charge is -2.22. The Balaban J connectivity index is 1.76. The van der Waals surface area contributed by atoms with Crippen LogP contribution >= 0.6 is 0 Å². The lowest BCUT2D eigenvalue weighted by molar-refractivity contribution is -0.117. The SMILES string of the molecule is COc1cc(OC)cc(C(=O)N(CC(=O)Nc2ccon2)C2CC2)c1. The number of amides is 2. The van der Waals surface area contributed by atoms with Crippen molar-refractivity contribution in [3.63, 3.8) is 0 Å². The van der Waals surface area contributed by atoms with E-state index in [0.717, 1.165) is 12.8 Å². The van der Waals surface area contributed by atoms with Gasteiger partial charge in [0.25, 0.3) is 5.91 Å². The van der Waals surface area contributed by atoms with Crippen molar-refractivity contribution in [2.24, 2.45) is 0 Å². The maximum absolute atomic E-state index is 12.9. The fourth-order valence-corrected chi connectivity index (χ4v) is 2.46. The highest BCUT2D eigenvalue weighted by molar-refractivity contribution is 5.99. The molecule has 1 aliphatic rings. The Kier molecular flexibility index (Phi) is 4.87. The summed E-state index contributed by atoms with van der Waals surface area (Å²) in [6.45, 7) is -0.0596. The van der Waals surface area contributed by atoms with Crippen LogP contribution in [0, 0.1) is 0 Å². The number of nitrogens with zero attached hydrogens (tertiary/aromatic N) is 2. The van der Waals surface area contributed by atoms with Crippen LogP contribution in [0.25, 0.3) is 0 Å². The number of benzene rings is 1. The van der Waals surface area contributed by atoms with E-state index in [4.69, 9.17) is 9.47 Å². The van der Waals surface area contributed by atoms with Crippen LogP contribution in [0.1, 0.15) is 23.2 Å². The van der Waals surface area contributed by atoms with Crippen LogP contribution < -0.4 is 14.8 Å². The second-order valence-electron chi connectivity index (χ2n) is 5.70. The number of rotatable bonds is 7. The van der Waals surface area contributed by atoms with Crippen molar-refractivity contribution in [1.29, 1.82) is 0 Å². The van der Waals surface area contributed by atoms with Gasteiger partial charge in [-0.1, -0.05) is 5.16 Å². The summed E-state index contributed by atoms with van der Waals surface area (Å²) in [5.74, 6) is 0.784. The number of carbonyl (C=O) groups excluding carboxylic acids is 2. The van der Waals surface area contributed by atoms with Crippen molar-refractivity contribution >= 4 is 17.6 Å². The van der Waals surface area contributed by atoms with Gasteiger partial charge in [0.2, 0.25) is 5.91 Å². The number of methoxy groups -OCH3 is 2. The first-order valence-electron chi connectivity index (χ1n) is 7.85. The molecule has 1 aliphatic carbocycles. The predicted molar refractivity (Wildman–Crippen MR) is 88.7 cm³/mol. The van der Waals surface area contributed by atoms with Gasteiger partial charge < -0.3 is 24.2 Å². The van der Waals surface area contributed by atoms with Crippen LogP contribution in [0.4, 0.5) is 5.82 Å². The summed E-state index contributed by atoms with van der Waals surface area (Å²) >= 11 is 0. The highest BCUT2D eigenvalue weighted by atomic mass is 16.5. The van der Waals surface area contributed by atoms with Crippen molar-refractivity contribution in [2.45, 2.75) is 18.9 Å². The summed E-state index contributed by atoms with van der Waals surface area (Å²) in [7, 11) is 3.04. The summed E-state index contributed by atoms with van der Waals surface area (Å²) < 4.78 is 15.1. The van der Waals surface area contributed by atoms with Crippen LogP contribution in [0.2, 0.25) is 0 Å². The zero-order valence-electron chi connectivity index (χ0n) is 14.0. The van der Waals surface area contributed by atoms with Gasteiger partial charge in [-0.15, -0.1) is 0 Å². The molecule has 0 atom stereocenters. The smallest absolute Gasteiger partial charge is 0.254 e. The molecule has 0 saturated heterocycles. The first kappa shape index (κ1) is 16.8. The second kappa shape index (κ2) is 7.25. The third-order valence-electron chi connectivity index (χ3n) is 3.87. The molecule has 8 nitrogen and oxygen atoms in total. The molecule has 25 heavy (non-hydrogen) atoms. The van der Waals surface area contributed by atoms with Gasteiger partial charge in [0.15, 0.2) is 5.82 Å². The van der Waals surface area contributed by atoms with E-state index in [1.54, 1.807) is 23.1 Å². The fourth-order valence-electron chi connectivity index (χ4n) is 2.46. The molecule has 0 spiro atoms. The van der Waals surface area contributed by atoms with Gasteiger partial charge in [-0.2, -0.15) is 0 Å². The number of anilines is 1. The number of hydrogen-bond donors (Lipinski definition) is 1. The first-order chi connectivity index (χ1) is 12.1. The van der Waals surface area contributed by atoms with Gasteiger partial charge in [-0.3, -0.25) is 9.59 Å². The molecule has 2 amide bonds. The molecule has 0 aliphatic heterocycles. The summed E-state index contributed by atoms with van der Waals surface area (Å²) in [6, 6.07) is 6.56. The normalized spacial score (nSPS) is 13.2. The largest absolute Gasteiger partial charge is 0.497 e. The summed E-state index contributed by atoms with van der Waals surface area (Å²) in [5, 5.41) is 6.23. The van der Waals surface area contributed by atoms with Crippen molar-refractivity contribution in [2.75, 3.05) is 26.1 Å². The summed E-state index contributed by atoms with van der Waals surface area (Å²) in [5.41, 5.74) is 0.414. The molecule has 1 heterocycles. The van der Waals surface area contributed by atoms with E-state index in [1.807, 2.05) is 0 Å². The van der Waals surface area contributed by atoms with E-state index in [1.165, 1.54) is 26.5 Å². The zero-order valence-corrected chi connectivity index (χ0v) is 14.0. The minimum atomic E-state index is -0.330. The first-order valence-corrected chi connectivity index (χ1v) is 7.85. The second-order valence-corrected chi connectivity index (χ2v) is 5.70. The standard InChI is InChI=1S/C17H19N3O5/c1-23-13-7-11(8-14(9-13)24-2)17(22)20(12-3-4-12)10-16(21)18-15-5-6-25-19-15/h5-9,12H,3-4,10H2,1-2H3,(H,18,19,21). The molecule has 8 heteroatoms. The highest BCUT2D eigenvalue weighted by Gasteiger charge is 2.34. The number of aromatic nitrogens is 1. The summed E-state index contributed by atoms with van der Waals surface area (Å²) in [4.78, 5) is 26.7. The van der Waals surface area contributed by atoms with Crippen LogP contribution in [-0.2, 0) is 4.79 Å². The average molecular weight is 345 g/mol. The van der Waals surface area contributed by atoms with Gasteiger partial charge >= 0.3 is 0 Å². The van der Waals surface area contributed by atoms with E-state index in [2.05, 4.69) is 15.0 Å². The molecule has 132 valence electrons. The molecular weight excluding hydrogens is 326 g/mol. The molecule has 0 unspecified atom stereocenters. The van der Waals surface area contributed by atoms with E-state index in [-0.39, 0.29) is 24.4 Å². The van der Waals surface area contributed by atoms with Gasteiger partial charge in [-0.25, -0.2) is 0 Å². The lowest BCUT2D eigenvalue weighted by Crippen LogP contribution is -2.39. The van der Waals surface area contributed by atoms with Gasteiger partial charge in [0, 0.05) is 23.7 Å².